The zero-order chi connectivity index (χ0) is 20.1. The van der Waals surface area contributed by atoms with Crippen molar-refractivity contribution in [1.82, 2.24) is 15.5 Å². The molecule has 0 atom stereocenters. The molecular weight excluding hydrogens is 366 g/mol. The summed E-state index contributed by atoms with van der Waals surface area (Å²) in [6.45, 7) is 0.466. The number of fused-ring (bicyclic) bond motifs is 1. The number of benzene rings is 3. The van der Waals surface area contributed by atoms with E-state index in [1.807, 2.05) is 66.7 Å². The molecule has 0 spiro atoms. The first-order valence-electron chi connectivity index (χ1n) is 9.43. The van der Waals surface area contributed by atoms with Crippen LogP contribution >= 0.6 is 0 Å². The molecule has 6 heteroatoms. The molecule has 0 aliphatic heterocycles. The first kappa shape index (κ1) is 18.7. The van der Waals surface area contributed by atoms with Gasteiger partial charge in [0.05, 0.1) is 7.11 Å². The minimum Gasteiger partial charge on any atom is -0.497 e. The van der Waals surface area contributed by atoms with Crippen molar-refractivity contribution in [2.45, 2.75) is 19.4 Å². The Bertz CT molecular complexity index is 1110. The van der Waals surface area contributed by atoms with Gasteiger partial charge in [-0.25, -0.2) is 0 Å². The monoisotopic (exact) mass is 387 g/mol. The van der Waals surface area contributed by atoms with E-state index in [4.69, 9.17) is 9.26 Å². The van der Waals surface area contributed by atoms with E-state index in [0.717, 1.165) is 27.6 Å². The van der Waals surface area contributed by atoms with Crippen LogP contribution in [0.15, 0.2) is 71.3 Å². The second-order valence-corrected chi connectivity index (χ2v) is 6.66. The number of aromatic nitrogens is 2. The van der Waals surface area contributed by atoms with E-state index in [2.05, 4.69) is 15.5 Å². The SMILES string of the molecule is COc1ccc(CNC(=O)CCc2nc(-c3cccc4ccccc34)no2)cc1. The standard InChI is InChI=1S/C23H21N3O3/c1-28-18-11-9-16(10-12-18)15-24-21(27)13-14-22-25-23(26-29-22)20-8-4-6-17-5-2-3-7-19(17)20/h2-12H,13-15H2,1H3,(H,24,27). The third-order valence-corrected chi connectivity index (χ3v) is 4.71. The number of nitrogens with zero attached hydrogens (tertiary/aromatic N) is 2. The summed E-state index contributed by atoms with van der Waals surface area (Å²) in [5, 5.41) is 9.18. The van der Waals surface area contributed by atoms with Crippen LogP contribution in [0.25, 0.3) is 22.2 Å². The van der Waals surface area contributed by atoms with E-state index in [1.165, 1.54) is 0 Å². The van der Waals surface area contributed by atoms with Gasteiger partial charge in [-0.2, -0.15) is 4.98 Å². The maximum absolute atomic E-state index is 12.1. The molecule has 0 unspecified atom stereocenters. The predicted octanol–water partition coefficient (Wildman–Crippen LogP) is 4.15. The number of amides is 1. The maximum Gasteiger partial charge on any atom is 0.227 e. The van der Waals surface area contributed by atoms with Crippen molar-refractivity contribution in [3.63, 3.8) is 0 Å². The molecular formula is C23H21N3O3. The van der Waals surface area contributed by atoms with Crippen molar-refractivity contribution >= 4 is 16.7 Å². The van der Waals surface area contributed by atoms with E-state index >= 15 is 0 Å². The molecule has 0 radical (unpaired) electrons. The molecule has 0 aliphatic carbocycles. The second kappa shape index (κ2) is 8.56. The van der Waals surface area contributed by atoms with Crippen LogP contribution in [-0.4, -0.2) is 23.2 Å². The quantitative estimate of drug-likeness (QED) is 0.515. The lowest BCUT2D eigenvalue weighted by Crippen LogP contribution is -2.23. The van der Waals surface area contributed by atoms with Crippen molar-refractivity contribution in [2.24, 2.45) is 0 Å². The molecule has 0 aliphatic rings. The fraction of sp³-hybridized carbons (Fsp3) is 0.174. The van der Waals surface area contributed by atoms with Gasteiger partial charge >= 0.3 is 0 Å². The third kappa shape index (κ3) is 4.43. The minimum absolute atomic E-state index is 0.0641. The summed E-state index contributed by atoms with van der Waals surface area (Å²) in [5.74, 6) is 1.71. The van der Waals surface area contributed by atoms with Gasteiger partial charge in [0.2, 0.25) is 17.6 Å². The number of carbonyl (C=O) groups is 1. The van der Waals surface area contributed by atoms with Gasteiger partial charge in [0, 0.05) is 24.9 Å². The maximum atomic E-state index is 12.1. The summed E-state index contributed by atoms with van der Waals surface area (Å²) >= 11 is 0. The van der Waals surface area contributed by atoms with Gasteiger partial charge in [-0.05, 0) is 28.5 Å². The van der Waals surface area contributed by atoms with Crippen LogP contribution in [0.3, 0.4) is 0 Å². The summed E-state index contributed by atoms with van der Waals surface area (Å²) in [5.41, 5.74) is 1.93. The average Bonchev–Trinajstić information content (AvgIpc) is 3.25. The van der Waals surface area contributed by atoms with Gasteiger partial charge in [-0.15, -0.1) is 0 Å². The number of aryl methyl sites for hydroxylation is 1. The van der Waals surface area contributed by atoms with Gasteiger partial charge in [0.1, 0.15) is 5.75 Å². The zero-order valence-corrected chi connectivity index (χ0v) is 16.1. The second-order valence-electron chi connectivity index (χ2n) is 6.66. The van der Waals surface area contributed by atoms with Gasteiger partial charge in [-0.3, -0.25) is 4.79 Å². The number of methoxy groups -OCH3 is 1. The highest BCUT2D eigenvalue weighted by molar-refractivity contribution is 5.94. The summed E-state index contributed by atoms with van der Waals surface area (Å²) in [6.07, 6.45) is 0.680. The topological polar surface area (TPSA) is 77.2 Å². The molecule has 1 N–H and O–H groups in total. The highest BCUT2D eigenvalue weighted by Gasteiger charge is 2.12. The van der Waals surface area contributed by atoms with Crippen molar-refractivity contribution in [1.29, 1.82) is 0 Å². The van der Waals surface area contributed by atoms with Crippen LogP contribution in [0.4, 0.5) is 0 Å². The summed E-state index contributed by atoms with van der Waals surface area (Å²) in [6, 6.07) is 21.6. The van der Waals surface area contributed by atoms with Crippen LogP contribution in [0.5, 0.6) is 5.75 Å². The highest BCUT2D eigenvalue weighted by atomic mass is 16.5. The summed E-state index contributed by atoms with van der Waals surface area (Å²) < 4.78 is 10.5. The molecule has 0 bridgehead atoms. The Morgan fingerprint density at radius 2 is 1.83 bits per heavy atom. The van der Waals surface area contributed by atoms with Crippen molar-refractivity contribution in [2.75, 3.05) is 7.11 Å². The van der Waals surface area contributed by atoms with Crippen molar-refractivity contribution in [3.05, 3.63) is 78.2 Å². The lowest BCUT2D eigenvalue weighted by Gasteiger charge is -2.05. The molecule has 3 aromatic carbocycles. The normalized spacial score (nSPS) is 10.8. The molecule has 4 rings (SSSR count). The van der Waals surface area contributed by atoms with Crippen LogP contribution < -0.4 is 10.1 Å². The number of nitrogens with one attached hydrogen (secondary N) is 1. The highest BCUT2D eigenvalue weighted by Crippen LogP contribution is 2.26. The number of rotatable bonds is 7. The fourth-order valence-electron chi connectivity index (χ4n) is 3.14. The minimum atomic E-state index is -0.0641. The number of carbonyl (C=O) groups excluding carboxylic acids is 1. The fourth-order valence-corrected chi connectivity index (χ4v) is 3.14. The summed E-state index contributed by atoms with van der Waals surface area (Å²) in [7, 11) is 1.62. The molecule has 6 nitrogen and oxygen atoms in total. The molecule has 1 aromatic heterocycles. The van der Waals surface area contributed by atoms with Gasteiger partial charge < -0.3 is 14.6 Å². The van der Waals surface area contributed by atoms with Gasteiger partial charge in [0.25, 0.3) is 0 Å². The van der Waals surface area contributed by atoms with Crippen LogP contribution in [0, 0.1) is 0 Å². The van der Waals surface area contributed by atoms with Crippen LogP contribution in [0.2, 0.25) is 0 Å². The zero-order valence-electron chi connectivity index (χ0n) is 16.1. The molecule has 0 fully saturated rings. The lowest BCUT2D eigenvalue weighted by atomic mass is 10.0. The van der Waals surface area contributed by atoms with Gasteiger partial charge in [0.15, 0.2) is 0 Å². The Balaban J connectivity index is 1.35. The van der Waals surface area contributed by atoms with Crippen LogP contribution in [-0.2, 0) is 17.8 Å². The van der Waals surface area contributed by atoms with E-state index in [-0.39, 0.29) is 12.3 Å². The van der Waals surface area contributed by atoms with E-state index in [9.17, 15) is 4.79 Å². The Hall–Kier alpha value is -3.67. The third-order valence-electron chi connectivity index (χ3n) is 4.71. The first-order chi connectivity index (χ1) is 14.2. The summed E-state index contributed by atoms with van der Waals surface area (Å²) in [4.78, 5) is 16.6. The van der Waals surface area contributed by atoms with Crippen LogP contribution in [0.1, 0.15) is 17.9 Å². The molecule has 0 saturated carbocycles. The molecule has 29 heavy (non-hydrogen) atoms. The lowest BCUT2D eigenvalue weighted by molar-refractivity contribution is -0.121. The molecule has 4 aromatic rings. The first-order valence-corrected chi connectivity index (χ1v) is 9.43. The van der Waals surface area contributed by atoms with E-state index < -0.39 is 0 Å². The number of ether oxygens (including phenoxy) is 1. The average molecular weight is 387 g/mol. The molecule has 0 saturated heterocycles. The van der Waals surface area contributed by atoms with E-state index in [1.54, 1.807) is 7.11 Å². The predicted molar refractivity (Wildman–Crippen MR) is 110 cm³/mol. The number of hydrogen-bond donors (Lipinski definition) is 1. The number of hydrogen-bond acceptors (Lipinski definition) is 5. The molecule has 1 heterocycles. The smallest absolute Gasteiger partial charge is 0.227 e. The molecule has 146 valence electrons. The van der Waals surface area contributed by atoms with Gasteiger partial charge in [-0.1, -0.05) is 59.8 Å². The Morgan fingerprint density at radius 3 is 2.66 bits per heavy atom. The van der Waals surface area contributed by atoms with Crippen molar-refractivity contribution < 1.29 is 14.1 Å². The Morgan fingerprint density at radius 1 is 1.03 bits per heavy atom. The largest absolute Gasteiger partial charge is 0.497 e. The Kier molecular flexibility index (Phi) is 5.52. The Labute approximate surface area is 168 Å². The van der Waals surface area contributed by atoms with E-state index in [0.29, 0.717) is 24.7 Å². The molecule has 1 amide bonds. The van der Waals surface area contributed by atoms with Crippen molar-refractivity contribution in [3.8, 4) is 17.1 Å².